The number of thioether (sulfide) groups is 1. The van der Waals surface area contributed by atoms with Crippen molar-refractivity contribution in [1.82, 2.24) is 9.80 Å². The number of morpholine rings is 1. The predicted molar refractivity (Wildman–Crippen MR) is 186 cm³/mol. The van der Waals surface area contributed by atoms with E-state index in [-0.39, 0.29) is 23.8 Å². The molecule has 0 atom stereocenters. The van der Waals surface area contributed by atoms with Crippen molar-refractivity contribution in [2.24, 2.45) is 0 Å². The Morgan fingerprint density at radius 2 is 1.67 bits per heavy atom. The first kappa shape index (κ1) is 35.1. The Hall–Kier alpha value is -4.17. The third-order valence-electron chi connectivity index (χ3n) is 7.70. The van der Waals surface area contributed by atoms with E-state index in [0.717, 1.165) is 25.2 Å². The molecule has 0 bridgehead atoms. The monoisotopic (exact) mass is 696 g/mol. The Bertz CT molecular complexity index is 1680. The van der Waals surface area contributed by atoms with E-state index in [1.807, 2.05) is 18.2 Å². The van der Waals surface area contributed by atoms with Crippen molar-refractivity contribution in [3.05, 3.63) is 76.4 Å². The zero-order valence-corrected chi connectivity index (χ0v) is 28.4. The number of carbonyl (C=O) groups excluding carboxylic acids is 1. The van der Waals surface area contributed by atoms with Crippen LogP contribution in [0.15, 0.2) is 59.5 Å². The zero-order valence-electron chi connectivity index (χ0n) is 26.7. The number of aromatic carboxylic acids is 1. The predicted octanol–water partition coefficient (Wildman–Crippen LogP) is 5.98. The van der Waals surface area contributed by atoms with Gasteiger partial charge in [-0.05, 0) is 73.0 Å². The number of carboxylic acid groups (broad SMARTS) is 1. The van der Waals surface area contributed by atoms with E-state index in [0.29, 0.717) is 77.0 Å². The van der Waals surface area contributed by atoms with Gasteiger partial charge in [-0.2, -0.15) is 0 Å². The summed E-state index contributed by atoms with van der Waals surface area (Å²) in [4.78, 5) is 29.0. The molecule has 0 aromatic heterocycles. The van der Waals surface area contributed by atoms with Gasteiger partial charge in [-0.1, -0.05) is 36.1 Å². The number of ether oxygens (including phenoxy) is 5. The average molecular weight is 697 g/mol. The first-order valence-electron chi connectivity index (χ1n) is 15.6. The van der Waals surface area contributed by atoms with Gasteiger partial charge in [0, 0.05) is 31.7 Å². The summed E-state index contributed by atoms with van der Waals surface area (Å²) in [5.41, 5.74) is 2.17. The molecule has 13 heteroatoms. The highest BCUT2D eigenvalue weighted by atomic mass is 32.2. The summed E-state index contributed by atoms with van der Waals surface area (Å²) in [7, 11) is 1.44. The third kappa shape index (κ3) is 8.84. The summed E-state index contributed by atoms with van der Waals surface area (Å²) < 4.78 is 43.3. The second kappa shape index (κ2) is 16.8. The minimum Gasteiger partial charge on any atom is -0.493 e. The topological polar surface area (TPSA) is 107 Å². The van der Waals surface area contributed by atoms with Crippen LogP contribution in [0.25, 0.3) is 17.2 Å². The number of amides is 1. The van der Waals surface area contributed by atoms with Gasteiger partial charge in [-0.15, -0.1) is 0 Å². The lowest BCUT2D eigenvalue weighted by Gasteiger charge is -2.26. The number of thiocarbonyl (C=S) groups is 1. The summed E-state index contributed by atoms with van der Waals surface area (Å²) in [6, 6.07) is 14.8. The van der Waals surface area contributed by atoms with Gasteiger partial charge < -0.3 is 28.8 Å². The Morgan fingerprint density at radius 3 is 2.38 bits per heavy atom. The molecule has 2 aliphatic heterocycles. The maximum absolute atomic E-state index is 14.7. The van der Waals surface area contributed by atoms with Gasteiger partial charge in [-0.3, -0.25) is 14.6 Å². The molecular weight excluding hydrogens is 660 g/mol. The number of nitrogens with zero attached hydrogens (tertiary/aromatic N) is 2. The average Bonchev–Trinajstić information content (AvgIpc) is 3.35. The van der Waals surface area contributed by atoms with Crippen LogP contribution in [0, 0.1) is 5.82 Å². The van der Waals surface area contributed by atoms with Crippen LogP contribution in [0.1, 0.15) is 29.3 Å². The Labute approximate surface area is 288 Å². The number of hydrogen-bond acceptors (Lipinski definition) is 10. The van der Waals surface area contributed by atoms with Gasteiger partial charge >= 0.3 is 5.97 Å². The lowest BCUT2D eigenvalue weighted by Crippen LogP contribution is -2.38. The van der Waals surface area contributed by atoms with E-state index in [4.69, 9.17) is 35.9 Å². The second-order valence-corrected chi connectivity index (χ2v) is 12.5. The van der Waals surface area contributed by atoms with Crippen molar-refractivity contribution in [3.8, 4) is 34.1 Å². The molecule has 2 aliphatic rings. The van der Waals surface area contributed by atoms with Crippen LogP contribution in [0.5, 0.6) is 23.0 Å². The van der Waals surface area contributed by atoms with Crippen LogP contribution >= 0.6 is 24.0 Å². The molecule has 0 saturated carbocycles. The van der Waals surface area contributed by atoms with E-state index in [1.165, 1.54) is 42.0 Å². The van der Waals surface area contributed by atoms with E-state index in [9.17, 15) is 19.1 Å². The maximum atomic E-state index is 14.7. The maximum Gasteiger partial charge on any atom is 0.335 e. The molecule has 3 aromatic rings. The van der Waals surface area contributed by atoms with E-state index >= 15 is 0 Å². The van der Waals surface area contributed by atoms with Crippen molar-refractivity contribution >= 4 is 46.3 Å². The Kier molecular flexibility index (Phi) is 12.3. The first-order valence-corrected chi connectivity index (χ1v) is 16.8. The fourth-order valence-electron chi connectivity index (χ4n) is 5.19. The summed E-state index contributed by atoms with van der Waals surface area (Å²) in [5, 5.41) is 9.22. The highest BCUT2D eigenvalue weighted by Crippen LogP contribution is 2.37. The van der Waals surface area contributed by atoms with Crippen LogP contribution in [-0.4, -0.2) is 97.4 Å². The smallest absolute Gasteiger partial charge is 0.335 e. The molecule has 2 heterocycles. The van der Waals surface area contributed by atoms with Crippen LogP contribution in [0.4, 0.5) is 4.39 Å². The number of carbonyl (C=O) groups is 2. The van der Waals surface area contributed by atoms with Gasteiger partial charge in [0.2, 0.25) is 0 Å². The van der Waals surface area contributed by atoms with Crippen molar-refractivity contribution in [2.75, 3.05) is 66.3 Å². The molecule has 0 radical (unpaired) electrons. The summed E-state index contributed by atoms with van der Waals surface area (Å²) in [5.74, 6) is -0.255. The Morgan fingerprint density at radius 1 is 0.958 bits per heavy atom. The molecule has 2 fully saturated rings. The van der Waals surface area contributed by atoms with Crippen molar-refractivity contribution in [2.45, 2.75) is 13.3 Å². The first-order chi connectivity index (χ1) is 23.3. The van der Waals surface area contributed by atoms with Crippen LogP contribution < -0.4 is 18.9 Å². The molecule has 3 aromatic carbocycles. The molecule has 0 unspecified atom stereocenters. The summed E-state index contributed by atoms with van der Waals surface area (Å²) in [6.07, 6.45) is 2.24. The quantitative estimate of drug-likeness (QED) is 0.115. The lowest BCUT2D eigenvalue weighted by atomic mass is 10.0. The van der Waals surface area contributed by atoms with E-state index in [1.54, 1.807) is 31.2 Å². The molecule has 1 amide bonds. The van der Waals surface area contributed by atoms with E-state index < -0.39 is 11.8 Å². The van der Waals surface area contributed by atoms with Crippen LogP contribution in [-0.2, 0) is 9.53 Å². The third-order valence-corrected chi connectivity index (χ3v) is 9.08. The lowest BCUT2D eigenvalue weighted by molar-refractivity contribution is -0.122. The number of benzene rings is 3. The number of methoxy groups -OCH3 is 1. The molecule has 254 valence electrons. The minimum atomic E-state index is -1.06. The van der Waals surface area contributed by atoms with Crippen molar-refractivity contribution in [1.29, 1.82) is 0 Å². The zero-order chi connectivity index (χ0) is 34.0. The van der Waals surface area contributed by atoms with Gasteiger partial charge in [0.05, 0.1) is 44.0 Å². The van der Waals surface area contributed by atoms with Gasteiger partial charge in [0.25, 0.3) is 5.91 Å². The van der Waals surface area contributed by atoms with Gasteiger partial charge in [0.1, 0.15) is 16.7 Å². The van der Waals surface area contributed by atoms with Gasteiger partial charge in [-0.25, -0.2) is 9.18 Å². The molecule has 0 aliphatic carbocycles. The second-order valence-electron chi connectivity index (χ2n) is 10.8. The molecule has 48 heavy (non-hydrogen) atoms. The highest BCUT2D eigenvalue weighted by Gasteiger charge is 2.32. The van der Waals surface area contributed by atoms with Crippen LogP contribution in [0.2, 0.25) is 0 Å². The largest absolute Gasteiger partial charge is 0.493 e. The minimum absolute atomic E-state index is 0.0893. The highest BCUT2D eigenvalue weighted by molar-refractivity contribution is 8.26. The molecule has 0 spiro atoms. The van der Waals surface area contributed by atoms with Crippen LogP contribution in [0.3, 0.4) is 0 Å². The SMILES string of the molecule is CCOc1ccc(-c2ccc(OCCN3CCOCC3)c(/C=C3\SC(=S)N(CCCOc4ccc(C(=O)O)cc4OC)C3=O)c2)cc1F. The molecule has 10 nitrogen and oxygen atoms in total. The fraction of sp³-hybridized carbons (Fsp3) is 0.343. The fourth-order valence-corrected chi connectivity index (χ4v) is 6.49. The van der Waals surface area contributed by atoms with Gasteiger partial charge in [0.15, 0.2) is 23.1 Å². The summed E-state index contributed by atoms with van der Waals surface area (Å²) in [6.45, 7) is 6.99. The molecule has 2 saturated heterocycles. The van der Waals surface area contributed by atoms with E-state index in [2.05, 4.69) is 4.90 Å². The number of rotatable bonds is 15. The number of hydrogen-bond donors (Lipinski definition) is 1. The van der Waals surface area contributed by atoms with Crippen molar-refractivity contribution in [3.63, 3.8) is 0 Å². The number of halogens is 1. The number of carboxylic acids is 1. The molecule has 1 N–H and O–H groups in total. The molecular formula is C35H37FN2O8S2. The Balaban J connectivity index is 1.30. The summed E-state index contributed by atoms with van der Waals surface area (Å²) >= 11 is 6.77. The van der Waals surface area contributed by atoms with Crippen molar-refractivity contribution < 1.29 is 42.8 Å². The molecule has 5 rings (SSSR count). The standard InChI is InChI=1S/C35H37FN2O8S2/c1-3-44-29-9-6-24(20-27(29)36)23-5-8-28(46-18-14-37-12-16-43-17-13-37)26(19-23)22-32-33(39)38(35(47)48-32)11-4-15-45-30-10-7-25(34(40)41)21-31(30)42-2/h5-10,19-22H,3-4,11-18H2,1-2H3,(H,40,41)/b32-22-. The normalized spacial score (nSPS) is 16.0.